The monoisotopic (exact) mass is 281 g/mol. The second-order valence-corrected chi connectivity index (χ2v) is 4.22. The maximum absolute atomic E-state index is 10.8. The van der Waals surface area contributed by atoms with Crippen LogP contribution in [0.25, 0.3) is 11.4 Å². The number of aliphatic hydroxyl groups is 1. The number of rotatable bonds is 5. The lowest BCUT2D eigenvalue weighted by Crippen LogP contribution is -2.28. The van der Waals surface area contributed by atoms with E-state index in [4.69, 9.17) is 21.2 Å². The van der Waals surface area contributed by atoms with Crippen LogP contribution in [0, 0.1) is 0 Å². The average molecular weight is 282 g/mol. The van der Waals surface area contributed by atoms with Gasteiger partial charge in [-0.2, -0.15) is 4.98 Å². The second-order valence-electron chi connectivity index (χ2n) is 3.78. The largest absolute Gasteiger partial charge is 0.387 e. The van der Waals surface area contributed by atoms with Crippen molar-refractivity contribution in [3.8, 4) is 11.4 Å². The summed E-state index contributed by atoms with van der Waals surface area (Å²) >= 11 is 5.88. The van der Waals surface area contributed by atoms with Crippen LogP contribution in [0.5, 0.6) is 0 Å². The fourth-order valence-corrected chi connectivity index (χ4v) is 1.66. The van der Waals surface area contributed by atoms with E-state index < -0.39 is 12.5 Å². The number of benzene rings is 1. The molecule has 2 aromatic rings. The van der Waals surface area contributed by atoms with Gasteiger partial charge >= 0.3 is 0 Å². The Morgan fingerprint density at radius 2 is 2.32 bits per heavy atom. The lowest BCUT2D eigenvalue weighted by atomic mass is 10.2. The van der Waals surface area contributed by atoms with Gasteiger partial charge in [0, 0.05) is 23.6 Å². The predicted octanol–water partition coefficient (Wildman–Crippen LogP) is 1.04. The standard InChI is InChI=1S/C12H12ClN3O3/c13-9-3-1-2-8(6-9)12-15-11(19-16-12)4-5-14-10(18)7-17/h1-3,6,17H,4-5,7H2,(H,14,18). The topological polar surface area (TPSA) is 88.2 Å². The maximum Gasteiger partial charge on any atom is 0.245 e. The van der Waals surface area contributed by atoms with Crippen LogP contribution in [-0.4, -0.2) is 34.3 Å². The van der Waals surface area contributed by atoms with Gasteiger partial charge in [0.25, 0.3) is 0 Å². The van der Waals surface area contributed by atoms with Crippen LogP contribution < -0.4 is 5.32 Å². The second kappa shape index (κ2) is 6.31. The van der Waals surface area contributed by atoms with Gasteiger partial charge in [-0.05, 0) is 12.1 Å². The van der Waals surface area contributed by atoms with Crippen LogP contribution >= 0.6 is 11.6 Å². The van der Waals surface area contributed by atoms with Crippen molar-refractivity contribution in [3.05, 3.63) is 35.2 Å². The van der Waals surface area contributed by atoms with Crippen molar-refractivity contribution in [1.29, 1.82) is 0 Å². The molecule has 2 rings (SSSR count). The summed E-state index contributed by atoms with van der Waals surface area (Å²) in [6, 6.07) is 7.13. The summed E-state index contributed by atoms with van der Waals surface area (Å²) in [7, 11) is 0. The minimum absolute atomic E-state index is 0.330. The Kier molecular flexibility index (Phi) is 4.48. The van der Waals surface area contributed by atoms with Gasteiger partial charge in [-0.15, -0.1) is 0 Å². The lowest BCUT2D eigenvalue weighted by molar-refractivity contribution is -0.123. The van der Waals surface area contributed by atoms with E-state index in [0.717, 1.165) is 5.56 Å². The number of hydrogen-bond donors (Lipinski definition) is 2. The van der Waals surface area contributed by atoms with Gasteiger partial charge in [0.15, 0.2) is 0 Å². The van der Waals surface area contributed by atoms with Crippen LogP contribution in [0.1, 0.15) is 5.89 Å². The van der Waals surface area contributed by atoms with Gasteiger partial charge in [-0.1, -0.05) is 28.9 Å². The Morgan fingerprint density at radius 3 is 3.05 bits per heavy atom. The van der Waals surface area contributed by atoms with E-state index in [1.54, 1.807) is 18.2 Å². The Morgan fingerprint density at radius 1 is 1.47 bits per heavy atom. The van der Waals surface area contributed by atoms with Crippen molar-refractivity contribution >= 4 is 17.5 Å². The average Bonchev–Trinajstić information content (AvgIpc) is 2.87. The summed E-state index contributed by atoms with van der Waals surface area (Å²) in [5.41, 5.74) is 0.766. The van der Waals surface area contributed by atoms with E-state index in [1.165, 1.54) is 0 Å². The summed E-state index contributed by atoms with van der Waals surface area (Å²) in [4.78, 5) is 15.0. The van der Waals surface area contributed by atoms with E-state index in [9.17, 15) is 4.79 Å². The number of nitrogens with one attached hydrogen (secondary N) is 1. The Hall–Kier alpha value is -1.92. The van der Waals surface area contributed by atoms with Gasteiger partial charge in [0.2, 0.25) is 17.6 Å². The first-order valence-corrected chi connectivity index (χ1v) is 6.03. The molecule has 2 N–H and O–H groups in total. The van der Waals surface area contributed by atoms with Crippen molar-refractivity contribution in [2.24, 2.45) is 0 Å². The van der Waals surface area contributed by atoms with Crippen molar-refractivity contribution in [2.45, 2.75) is 6.42 Å². The fourth-order valence-electron chi connectivity index (χ4n) is 1.47. The summed E-state index contributed by atoms with van der Waals surface area (Å²) in [6.45, 7) is -0.200. The first kappa shape index (κ1) is 13.5. The number of nitrogens with zero attached hydrogens (tertiary/aromatic N) is 2. The van der Waals surface area contributed by atoms with Crippen LogP contribution in [0.2, 0.25) is 5.02 Å². The minimum atomic E-state index is -0.530. The Labute approximate surface area is 114 Å². The first-order chi connectivity index (χ1) is 9.19. The third kappa shape index (κ3) is 3.77. The van der Waals surface area contributed by atoms with Crippen LogP contribution in [-0.2, 0) is 11.2 Å². The SMILES string of the molecule is O=C(CO)NCCc1nc(-c2cccc(Cl)c2)no1. The Balaban J connectivity index is 1.97. The quantitative estimate of drug-likeness (QED) is 0.855. The summed E-state index contributed by atoms with van der Waals surface area (Å²) < 4.78 is 5.06. The zero-order valence-electron chi connectivity index (χ0n) is 9.97. The zero-order chi connectivity index (χ0) is 13.7. The molecule has 7 heteroatoms. The highest BCUT2D eigenvalue weighted by atomic mass is 35.5. The van der Waals surface area contributed by atoms with Crippen LogP contribution in [0.3, 0.4) is 0 Å². The van der Waals surface area contributed by atoms with Crippen molar-refractivity contribution in [2.75, 3.05) is 13.2 Å². The number of amides is 1. The maximum atomic E-state index is 10.8. The highest BCUT2D eigenvalue weighted by Crippen LogP contribution is 2.19. The van der Waals surface area contributed by atoms with E-state index in [0.29, 0.717) is 29.7 Å². The molecule has 1 aromatic carbocycles. The molecule has 19 heavy (non-hydrogen) atoms. The minimum Gasteiger partial charge on any atom is -0.387 e. The molecule has 1 aromatic heterocycles. The van der Waals surface area contributed by atoms with Gasteiger partial charge in [0.05, 0.1) is 0 Å². The molecule has 100 valence electrons. The molecular formula is C12H12ClN3O3. The van der Waals surface area contributed by atoms with Crippen molar-refractivity contribution < 1.29 is 14.4 Å². The number of hydrogen-bond acceptors (Lipinski definition) is 5. The lowest BCUT2D eigenvalue weighted by Gasteiger charge is -1.98. The molecule has 0 bridgehead atoms. The molecule has 0 saturated carbocycles. The number of aromatic nitrogens is 2. The molecule has 0 fully saturated rings. The zero-order valence-corrected chi connectivity index (χ0v) is 10.7. The predicted molar refractivity (Wildman–Crippen MR) is 68.5 cm³/mol. The van der Waals surface area contributed by atoms with E-state index >= 15 is 0 Å². The number of carbonyl (C=O) groups excluding carboxylic acids is 1. The molecule has 6 nitrogen and oxygen atoms in total. The highest BCUT2D eigenvalue weighted by molar-refractivity contribution is 6.30. The van der Waals surface area contributed by atoms with E-state index in [1.807, 2.05) is 6.07 Å². The smallest absolute Gasteiger partial charge is 0.245 e. The molecule has 0 aliphatic carbocycles. The molecule has 1 amide bonds. The highest BCUT2D eigenvalue weighted by Gasteiger charge is 2.09. The molecule has 1 heterocycles. The molecular weight excluding hydrogens is 270 g/mol. The summed E-state index contributed by atoms with van der Waals surface area (Å²) in [5, 5.41) is 15.5. The fraction of sp³-hybridized carbons (Fsp3) is 0.250. The molecule has 0 aliphatic rings. The Bertz CT molecular complexity index is 571. The van der Waals surface area contributed by atoms with Crippen molar-refractivity contribution in [3.63, 3.8) is 0 Å². The third-order valence-corrected chi connectivity index (χ3v) is 2.59. The van der Waals surface area contributed by atoms with Gasteiger partial charge < -0.3 is 14.9 Å². The van der Waals surface area contributed by atoms with Gasteiger partial charge in [-0.3, -0.25) is 4.79 Å². The first-order valence-electron chi connectivity index (χ1n) is 5.65. The molecule has 0 saturated heterocycles. The number of aliphatic hydroxyl groups excluding tert-OH is 1. The van der Waals surface area contributed by atoms with Crippen LogP contribution in [0.4, 0.5) is 0 Å². The molecule has 0 spiro atoms. The molecule has 0 radical (unpaired) electrons. The van der Waals surface area contributed by atoms with Gasteiger partial charge in [-0.25, -0.2) is 0 Å². The molecule has 0 atom stereocenters. The molecule has 0 unspecified atom stereocenters. The van der Waals surface area contributed by atoms with Crippen LogP contribution in [0.15, 0.2) is 28.8 Å². The number of halogens is 1. The van der Waals surface area contributed by atoms with Gasteiger partial charge in [0.1, 0.15) is 6.61 Å². The normalized spacial score (nSPS) is 10.4. The van der Waals surface area contributed by atoms with E-state index in [2.05, 4.69) is 15.5 Å². The summed E-state index contributed by atoms with van der Waals surface area (Å²) in [6.07, 6.45) is 0.402. The van der Waals surface area contributed by atoms with E-state index in [-0.39, 0.29) is 0 Å². The molecule has 0 aliphatic heterocycles. The number of carbonyl (C=O) groups is 1. The van der Waals surface area contributed by atoms with Crippen molar-refractivity contribution in [1.82, 2.24) is 15.5 Å². The third-order valence-electron chi connectivity index (χ3n) is 2.36. The summed E-state index contributed by atoms with van der Waals surface area (Å²) in [5.74, 6) is 0.425.